The van der Waals surface area contributed by atoms with E-state index >= 15 is 0 Å². The molecule has 20 heavy (non-hydrogen) atoms. The van der Waals surface area contributed by atoms with Gasteiger partial charge in [-0.05, 0) is 22.8 Å². The summed E-state index contributed by atoms with van der Waals surface area (Å²) in [6.45, 7) is 9.30. The van der Waals surface area contributed by atoms with Gasteiger partial charge >= 0.3 is 0 Å². The molecule has 3 heteroatoms. The van der Waals surface area contributed by atoms with Crippen molar-refractivity contribution < 1.29 is 14.6 Å². The third-order valence-electron chi connectivity index (χ3n) is 3.84. The van der Waals surface area contributed by atoms with Crippen molar-refractivity contribution in [2.75, 3.05) is 6.61 Å². The normalized spacial score (nSPS) is 22.9. The Morgan fingerprint density at radius 1 is 1.15 bits per heavy atom. The second kappa shape index (κ2) is 5.84. The molecule has 1 saturated heterocycles. The van der Waals surface area contributed by atoms with Crippen molar-refractivity contribution in [2.45, 2.75) is 53.1 Å². The number of aliphatic hydroxyl groups is 1. The van der Waals surface area contributed by atoms with Crippen LogP contribution in [-0.4, -0.2) is 24.1 Å². The molecule has 1 aliphatic heterocycles. The highest BCUT2D eigenvalue weighted by molar-refractivity contribution is 5.13. The SMILES string of the molecule is CC(C)(CO)CC(C)(C)C1OC1OCc1ccccc1. The van der Waals surface area contributed by atoms with E-state index in [0.29, 0.717) is 6.61 Å². The van der Waals surface area contributed by atoms with E-state index in [2.05, 4.69) is 39.8 Å². The van der Waals surface area contributed by atoms with Gasteiger partial charge in [0.25, 0.3) is 0 Å². The molecule has 0 saturated carbocycles. The van der Waals surface area contributed by atoms with Crippen LogP contribution in [0.3, 0.4) is 0 Å². The van der Waals surface area contributed by atoms with Gasteiger partial charge in [-0.25, -0.2) is 0 Å². The summed E-state index contributed by atoms with van der Waals surface area (Å²) in [5.41, 5.74) is 1.09. The number of hydrogen-bond donors (Lipinski definition) is 1. The number of epoxide rings is 1. The zero-order valence-corrected chi connectivity index (χ0v) is 12.9. The van der Waals surface area contributed by atoms with Crippen LogP contribution in [-0.2, 0) is 16.1 Å². The number of aliphatic hydroxyl groups excluding tert-OH is 1. The van der Waals surface area contributed by atoms with Gasteiger partial charge in [-0.1, -0.05) is 58.0 Å². The molecule has 3 nitrogen and oxygen atoms in total. The minimum Gasteiger partial charge on any atom is -0.396 e. The highest BCUT2D eigenvalue weighted by Gasteiger charge is 2.52. The van der Waals surface area contributed by atoms with E-state index in [1.54, 1.807) is 0 Å². The van der Waals surface area contributed by atoms with Gasteiger partial charge in [-0.2, -0.15) is 0 Å². The molecular formula is C17H26O3. The molecule has 2 atom stereocenters. The van der Waals surface area contributed by atoms with Gasteiger partial charge in [0.05, 0.1) is 6.61 Å². The third kappa shape index (κ3) is 4.05. The summed E-state index contributed by atoms with van der Waals surface area (Å²) in [4.78, 5) is 0. The van der Waals surface area contributed by atoms with Crippen LogP contribution >= 0.6 is 0 Å². The van der Waals surface area contributed by atoms with Gasteiger partial charge in [-0.3, -0.25) is 0 Å². The Labute approximate surface area is 121 Å². The molecule has 0 aromatic heterocycles. The van der Waals surface area contributed by atoms with Crippen molar-refractivity contribution >= 4 is 0 Å². The summed E-state index contributed by atoms with van der Waals surface area (Å²) in [6, 6.07) is 10.1. The first-order valence-corrected chi connectivity index (χ1v) is 7.26. The van der Waals surface area contributed by atoms with Gasteiger partial charge in [0.1, 0.15) is 6.10 Å². The third-order valence-corrected chi connectivity index (χ3v) is 3.84. The second-order valence-electron chi connectivity index (χ2n) is 7.21. The predicted octanol–water partition coefficient (Wildman–Crippen LogP) is 3.36. The van der Waals surface area contributed by atoms with Crippen molar-refractivity contribution in [1.29, 1.82) is 0 Å². The highest BCUT2D eigenvalue weighted by Crippen LogP contribution is 2.46. The quantitative estimate of drug-likeness (QED) is 0.778. The minimum atomic E-state index is -0.111. The summed E-state index contributed by atoms with van der Waals surface area (Å²) in [7, 11) is 0. The maximum Gasteiger partial charge on any atom is 0.185 e. The van der Waals surface area contributed by atoms with E-state index in [1.807, 2.05) is 18.2 Å². The van der Waals surface area contributed by atoms with Crippen molar-refractivity contribution in [3.8, 4) is 0 Å². The molecule has 0 amide bonds. The smallest absolute Gasteiger partial charge is 0.185 e. The highest BCUT2D eigenvalue weighted by atomic mass is 16.8. The molecule has 2 unspecified atom stereocenters. The molecule has 0 aliphatic carbocycles. The molecular weight excluding hydrogens is 252 g/mol. The van der Waals surface area contributed by atoms with E-state index in [4.69, 9.17) is 9.47 Å². The lowest BCUT2D eigenvalue weighted by molar-refractivity contribution is 0.0381. The fourth-order valence-electron chi connectivity index (χ4n) is 2.92. The fraction of sp³-hybridized carbons (Fsp3) is 0.647. The molecule has 1 heterocycles. The first-order chi connectivity index (χ1) is 9.34. The lowest BCUT2D eigenvalue weighted by Crippen LogP contribution is -2.31. The lowest BCUT2D eigenvalue weighted by Gasteiger charge is -2.32. The number of ether oxygens (including phenoxy) is 2. The zero-order valence-electron chi connectivity index (χ0n) is 12.9. The Balaban J connectivity index is 1.82. The topological polar surface area (TPSA) is 42.0 Å². The number of hydrogen-bond acceptors (Lipinski definition) is 3. The largest absolute Gasteiger partial charge is 0.396 e. The average molecular weight is 278 g/mol. The molecule has 0 spiro atoms. The summed E-state index contributed by atoms with van der Waals surface area (Å²) < 4.78 is 11.5. The molecule has 2 rings (SSSR count). The molecule has 1 aliphatic rings. The van der Waals surface area contributed by atoms with Crippen LogP contribution in [0.1, 0.15) is 39.7 Å². The van der Waals surface area contributed by atoms with E-state index in [1.165, 1.54) is 0 Å². The first-order valence-electron chi connectivity index (χ1n) is 7.26. The van der Waals surface area contributed by atoms with Crippen molar-refractivity contribution in [2.24, 2.45) is 10.8 Å². The number of benzene rings is 1. The number of rotatable bonds is 7. The van der Waals surface area contributed by atoms with Crippen LogP contribution < -0.4 is 0 Å². The fourth-order valence-corrected chi connectivity index (χ4v) is 2.92. The van der Waals surface area contributed by atoms with Crippen LogP contribution in [0.4, 0.5) is 0 Å². The Morgan fingerprint density at radius 3 is 2.40 bits per heavy atom. The van der Waals surface area contributed by atoms with Crippen LogP contribution in [0.2, 0.25) is 0 Å². The van der Waals surface area contributed by atoms with Crippen LogP contribution in [0, 0.1) is 10.8 Å². The molecule has 0 radical (unpaired) electrons. The van der Waals surface area contributed by atoms with Crippen molar-refractivity contribution in [1.82, 2.24) is 0 Å². The molecule has 0 bridgehead atoms. The van der Waals surface area contributed by atoms with Crippen molar-refractivity contribution in [3.63, 3.8) is 0 Å². The Morgan fingerprint density at radius 2 is 1.80 bits per heavy atom. The lowest BCUT2D eigenvalue weighted by atomic mass is 9.73. The maximum absolute atomic E-state index is 9.41. The molecule has 1 aromatic carbocycles. The van der Waals surface area contributed by atoms with Gasteiger partial charge < -0.3 is 14.6 Å². The molecule has 1 fully saturated rings. The van der Waals surface area contributed by atoms with Crippen LogP contribution in [0.25, 0.3) is 0 Å². The van der Waals surface area contributed by atoms with E-state index in [9.17, 15) is 5.11 Å². The molecule has 1 N–H and O–H groups in total. The molecule has 112 valence electrons. The maximum atomic E-state index is 9.41. The second-order valence-corrected chi connectivity index (χ2v) is 7.21. The predicted molar refractivity (Wildman–Crippen MR) is 79.2 cm³/mol. The summed E-state index contributed by atoms with van der Waals surface area (Å²) >= 11 is 0. The van der Waals surface area contributed by atoms with Gasteiger partial charge in [-0.15, -0.1) is 0 Å². The Hall–Kier alpha value is -0.900. The molecule has 1 aromatic rings. The van der Waals surface area contributed by atoms with Crippen molar-refractivity contribution in [3.05, 3.63) is 35.9 Å². The first kappa shape index (κ1) is 15.5. The van der Waals surface area contributed by atoms with Crippen LogP contribution in [0.15, 0.2) is 30.3 Å². The Bertz CT molecular complexity index is 425. The summed E-state index contributed by atoms with van der Waals surface area (Å²) in [5, 5.41) is 9.41. The Kier molecular flexibility index (Phi) is 4.52. The summed E-state index contributed by atoms with van der Waals surface area (Å²) in [6.07, 6.45) is 0.920. The average Bonchev–Trinajstić information content (AvgIpc) is 3.17. The standard InChI is InChI=1S/C17H26O3/c1-16(2,12-18)11-17(3,4)14-15(20-14)19-10-13-8-6-5-7-9-13/h5-9,14-15,18H,10-12H2,1-4H3. The van der Waals surface area contributed by atoms with E-state index in [0.717, 1.165) is 12.0 Å². The monoisotopic (exact) mass is 278 g/mol. The zero-order chi connectivity index (χ0) is 14.8. The van der Waals surface area contributed by atoms with Crippen LogP contribution in [0.5, 0.6) is 0 Å². The van der Waals surface area contributed by atoms with E-state index < -0.39 is 0 Å². The minimum absolute atomic E-state index is 0.00752. The van der Waals surface area contributed by atoms with E-state index in [-0.39, 0.29) is 29.8 Å². The van der Waals surface area contributed by atoms with Gasteiger partial charge in [0, 0.05) is 6.61 Å². The van der Waals surface area contributed by atoms with Gasteiger partial charge in [0.15, 0.2) is 6.29 Å². The van der Waals surface area contributed by atoms with Gasteiger partial charge in [0.2, 0.25) is 0 Å². The summed E-state index contributed by atoms with van der Waals surface area (Å²) in [5.74, 6) is 0.